The van der Waals surface area contributed by atoms with E-state index >= 15 is 0 Å². The van der Waals surface area contributed by atoms with Crippen LogP contribution in [0.25, 0.3) is 16.3 Å². The number of thiazole rings is 1. The highest BCUT2D eigenvalue weighted by Crippen LogP contribution is 2.22. The summed E-state index contributed by atoms with van der Waals surface area (Å²) in [6.07, 6.45) is 4.48. The highest BCUT2D eigenvalue weighted by Gasteiger charge is 2.25. The zero-order valence-electron chi connectivity index (χ0n) is 15.7. The summed E-state index contributed by atoms with van der Waals surface area (Å²) in [6, 6.07) is 16.0. The minimum absolute atomic E-state index is 0.0753. The third-order valence-electron chi connectivity index (χ3n) is 4.86. The minimum atomic E-state index is -3.53. The summed E-state index contributed by atoms with van der Waals surface area (Å²) in [5.74, 6) is -0.0753. The van der Waals surface area contributed by atoms with E-state index in [0.29, 0.717) is 25.9 Å². The molecule has 29 heavy (non-hydrogen) atoms. The van der Waals surface area contributed by atoms with Crippen LogP contribution >= 0.6 is 11.3 Å². The molecule has 4 rings (SSSR count). The normalized spacial score (nSPS) is 15.9. The van der Waals surface area contributed by atoms with Gasteiger partial charge >= 0.3 is 0 Å². The Balaban J connectivity index is 1.32. The highest BCUT2D eigenvalue weighted by atomic mass is 32.2. The third kappa shape index (κ3) is 4.72. The van der Waals surface area contributed by atoms with Crippen LogP contribution in [0.2, 0.25) is 0 Å². The molecule has 6 nitrogen and oxygen atoms in total. The van der Waals surface area contributed by atoms with E-state index in [1.165, 1.54) is 0 Å². The van der Waals surface area contributed by atoms with Gasteiger partial charge in [0.15, 0.2) is 0 Å². The number of amides is 1. The summed E-state index contributed by atoms with van der Waals surface area (Å²) in [4.78, 5) is 19.0. The molecule has 1 aliphatic heterocycles. The number of benzene rings is 2. The second kappa shape index (κ2) is 8.44. The van der Waals surface area contributed by atoms with Crippen LogP contribution in [0.15, 0.2) is 65.6 Å². The van der Waals surface area contributed by atoms with Gasteiger partial charge in [-0.1, -0.05) is 30.3 Å². The van der Waals surface area contributed by atoms with Gasteiger partial charge in [0.25, 0.3) is 0 Å². The summed E-state index contributed by atoms with van der Waals surface area (Å²) in [7, 11) is -3.53. The Labute approximate surface area is 173 Å². The van der Waals surface area contributed by atoms with E-state index in [1.54, 1.807) is 58.7 Å². The highest BCUT2D eigenvalue weighted by molar-refractivity contribution is 7.89. The van der Waals surface area contributed by atoms with Gasteiger partial charge in [-0.05, 0) is 43.2 Å². The van der Waals surface area contributed by atoms with Crippen molar-refractivity contribution in [1.82, 2.24) is 14.6 Å². The van der Waals surface area contributed by atoms with E-state index < -0.39 is 10.0 Å². The van der Waals surface area contributed by atoms with E-state index in [-0.39, 0.29) is 16.8 Å². The molecular weight excluding hydrogens is 406 g/mol. The molecule has 1 aromatic heterocycles. The number of aromatic nitrogens is 1. The Bertz CT molecular complexity index is 1100. The molecule has 0 bridgehead atoms. The Morgan fingerprint density at radius 2 is 1.76 bits per heavy atom. The van der Waals surface area contributed by atoms with E-state index in [9.17, 15) is 13.2 Å². The van der Waals surface area contributed by atoms with E-state index in [2.05, 4.69) is 9.71 Å². The Hall–Kier alpha value is -2.55. The molecule has 0 aliphatic carbocycles. The summed E-state index contributed by atoms with van der Waals surface area (Å²) in [6.45, 7) is 1.04. The van der Waals surface area contributed by atoms with Crippen LogP contribution in [-0.4, -0.2) is 43.3 Å². The van der Waals surface area contributed by atoms with Crippen LogP contribution in [0.3, 0.4) is 0 Å². The first kappa shape index (κ1) is 19.8. The molecule has 1 aliphatic rings. The first-order chi connectivity index (χ1) is 14.0. The van der Waals surface area contributed by atoms with Crippen molar-refractivity contribution >= 4 is 43.6 Å². The van der Waals surface area contributed by atoms with Crippen molar-refractivity contribution in [1.29, 1.82) is 0 Å². The molecule has 2 aromatic carbocycles. The lowest BCUT2D eigenvalue weighted by Crippen LogP contribution is -2.46. The van der Waals surface area contributed by atoms with Gasteiger partial charge in [0.05, 0.1) is 15.1 Å². The lowest BCUT2D eigenvalue weighted by molar-refractivity contribution is -0.126. The number of piperidine rings is 1. The molecule has 3 aromatic rings. The number of hydrogen-bond acceptors (Lipinski definition) is 5. The maximum absolute atomic E-state index is 12.5. The predicted octanol–water partition coefficient (Wildman–Crippen LogP) is 3.28. The molecule has 0 atom stereocenters. The van der Waals surface area contributed by atoms with Gasteiger partial charge in [-0.3, -0.25) is 4.79 Å². The number of para-hydroxylation sites is 1. The zero-order valence-corrected chi connectivity index (χ0v) is 17.3. The largest absolute Gasteiger partial charge is 0.339 e. The number of nitrogens with one attached hydrogen (secondary N) is 1. The second-order valence-electron chi connectivity index (χ2n) is 6.89. The van der Waals surface area contributed by atoms with Crippen molar-refractivity contribution in [3.63, 3.8) is 0 Å². The number of sulfonamides is 1. The second-order valence-corrected chi connectivity index (χ2v) is 9.66. The lowest BCUT2D eigenvalue weighted by atomic mass is 10.1. The number of carbonyl (C=O) groups is 1. The van der Waals surface area contributed by atoms with Gasteiger partial charge in [-0.15, -0.1) is 11.3 Å². The molecule has 0 unspecified atom stereocenters. The Morgan fingerprint density at radius 3 is 2.48 bits per heavy atom. The van der Waals surface area contributed by atoms with Gasteiger partial charge < -0.3 is 4.90 Å². The molecule has 8 heteroatoms. The van der Waals surface area contributed by atoms with Crippen LogP contribution in [0.1, 0.15) is 17.8 Å². The fraction of sp³-hybridized carbons (Fsp3) is 0.238. The van der Waals surface area contributed by atoms with E-state index in [1.807, 2.05) is 24.3 Å². The number of fused-ring (bicyclic) bond motifs is 1. The van der Waals surface area contributed by atoms with Gasteiger partial charge in [0, 0.05) is 25.2 Å². The smallest absolute Gasteiger partial charge is 0.246 e. The SMILES string of the molecule is O=C(/C=C/c1nc2ccccc2s1)N1CCC(NS(=O)(=O)c2ccccc2)CC1. The summed E-state index contributed by atoms with van der Waals surface area (Å²) >= 11 is 1.55. The molecule has 1 N–H and O–H groups in total. The summed E-state index contributed by atoms with van der Waals surface area (Å²) in [5, 5.41) is 0.796. The number of hydrogen-bond donors (Lipinski definition) is 1. The fourth-order valence-electron chi connectivity index (χ4n) is 3.31. The first-order valence-corrected chi connectivity index (χ1v) is 11.7. The average Bonchev–Trinajstić information content (AvgIpc) is 3.16. The van der Waals surface area contributed by atoms with Crippen molar-refractivity contribution in [2.75, 3.05) is 13.1 Å². The summed E-state index contributed by atoms with van der Waals surface area (Å²) < 4.78 is 28.7. The van der Waals surface area contributed by atoms with Crippen molar-refractivity contribution in [3.8, 4) is 0 Å². The molecule has 0 saturated carbocycles. The van der Waals surface area contributed by atoms with Crippen LogP contribution in [0, 0.1) is 0 Å². The molecule has 1 amide bonds. The maximum Gasteiger partial charge on any atom is 0.246 e. The molecule has 0 spiro atoms. The van der Waals surface area contributed by atoms with Gasteiger partial charge in [-0.25, -0.2) is 18.1 Å². The van der Waals surface area contributed by atoms with E-state index in [4.69, 9.17) is 0 Å². The number of likely N-dealkylation sites (tertiary alicyclic amines) is 1. The van der Waals surface area contributed by atoms with Gasteiger partial charge in [0.1, 0.15) is 5.01 Å². The maximum atomic E-state index is 12.5. The topological polar surface area (TPSA) is 79.4 Å². The quantitative estimate of drug-likeness (QED) is 0.634. The monoisotopic (exact) mass is 427 g/mol. The number of rotatable bonds is 5. The molecule has 0 radical (unpaired) electrons. The number of nitrogens with zero attached hydrogens (tertiary/aromatic N) is 2. The third-order valence-corrected chi connectivity index (χ3v) is 7.40. The first-order valence-electron chi connectivity index (χ1n) is 9.41. The minimum Gasteiger partial charge on any atom is -0.339 e. The Kier molecular flexibility index (Phi) is 5.75. The lowest BCUT2D eigenvalue weighted by Gasteiger charge is -2.31. The molecule has 1 saturated heterocycles. The molecule has 150 valence electrons. The van der Waals surface area contributed by atoms with Crippen LogP contribution < -0.4 is 4.72 Å². The molecule has 1 fully saturated rings. The van der Waals surface area contributed by atoms with Crippen LogP contribution in [0.4, 0.5) is 0 Å². The van der Waals surface area contributed by atoms with Gasteiger partial charge in [0.2, 0.25) is 15.9 Å². The van der Waals surface area contributed by atoms with Crippen LogP contribution in [-0.2, 0) is 14.8 Å². The van der Waals surface area contributed by atoms with Crippen LogP contribution in [0.5, 0.6) is 0 Å². The standard InChI is InChI=1S/C21H21N3O3S2/c25-21(11-10-20-22-18-8-4-5-9-19(18)28-20)24-14-12-16(13-15-24)23-29(26,27)17-6-2-1-3-7-17/h1-11,16,23H,12-15H2/b11-10+. The number of carbonyl (C=O) groups excluding carboxylic acids is 1. The van der Waals surface area contributed by atoms with Crippen molar-refractivity contribution in [3.05, 3.63) is 65.7 Å². The molecular formula is C21H21N3O3S2. The fourth-order valence-corrected chi connectivity index (χ4v) is 5.51. The van der Waals surface area contributed by atoms with Crippen molar-refractivity contribution in [2.24, 2.45) is 0 Å². The predicted molar refractivity (Wildman–Crippen MR) is 115 cm³/mol. The van der Waals surface area contributed by atoms with Crippen molar-refractivity contribution in [2.45, 2.75) is 23.8 Å². The Morgan fingerprint density at radius 1 is 1.07 bits per heavy atom. The molecule has 2 heterocycles. The van der Waals surface area contributed by atoms with Crippen molar-refractivity contribution < 1.29 is 13.2 Å². The van der Waals surface area contributed by atoms with Gasteiger partial charge in [-0.2, -0.15) is 0 Å². The summed E-state index contributed by atoms with van der Waals surface area (Å²) in [5.41, 5.74) is 0.927. The van der Waals surface area contributed by atoms with E-state index in [0.717, 1.165) is 15.2 Å². The average molecular weight is 428 g/mol. The zero-order chi connectivity index (χ0) is 20.3.